The van der Waals surface area contributed by atoms with E-state index in [2.05, 4.69) is 0 Å². The van der Waals surface area contributed by atoms with Gasteiger partial charge < -0.3 is 9.47 Å². The van der Waals surface area contributed by atoms with Crippen molar-refractivity contribution in [2.24, 2.45) is 11.8 Å². The summed E-state index contributed by atoms with van der Waals surface area (Å²) in [7, 11) is 0. The van der Waals surface area contributed by atoms with Crippen LogP contribution in [0.5, 0.6) is 11.5 Å². The van der Waals surface area contributed by atoms with Gasteiger partial charge in [0.25, 0.3) is 6.47 Å². The summed E-state index contributed by atoms with van der Waals surface area (Å²) in [4.78, 5) is 44.4. The molecule has 2 atom stereocenters. The lowest BCUT2D eigenvalue weighted by Gasteiger charge is -2.05. The molecule has 29 heavy (non-hydrogen) atoms. The Morgan fingerprint density at radius 2 is 1.38 bits per heavy atom. The summed E-state index contributed by atoms with van der Waals surface area (Å²) in [5, 5.41) is 0. The Labute approximate surface area is 168 Å². The molecule has 0 heterocycles. The van der Waals surface area contributed by atoms with Gasteiger partial charge in [0.2, 0.25) is 0 Å². The van der Waals surface area contributed by atoms with E-state index in [0.29, 0.717) is 41.9 Å². The number of ether oxygens (including phenoxy) is 2. The number of carbonyl (C=O) groups is 4. The maximum Gasteiger partial charge on any atom is 0.308 e. The number of rotatable bonds is 3. The first kappa shape index (κ1) is 20.5. The molecule has 0 amide bonds. The number of fused-ring (bicyclic) bond motifs is 2. The third-order valence-corrected chi connectivity index (χ3v) is 5.14. The number of benzene rings is 2. The highest BCUT2D eigenvalue weighted by Crippen LogP contribution is 2.34. The van der Waals surface area contributed by atoms with Gasteiger partial charge in [-0.15, -0.1) is 0 Å². The summed E-state index contributed by atoms with van der Waals surface area (Å²) in [5.74, 6) is 0.955. The van der Waals surface area contributed by atoms with Gasteiger partial charge in [-0.3, -0.25) is 19.2 Å². The van der Waals surface area contributed by atoms with Crippen LogP contribution in [-0.2, 0) is 22.4 Å². The zero-order chi connectivity index (χ0) is 21.1. The Bertz CT molecular complexity index is 991. The van der Waals surface area contributed by atoms with E-state index in [1.165, 1.54) is 6.92 Å². The first-order valence-corrected chi connectivity index (χ1v) is 9.44. The molecule has 6 heteroatoms. The van der Waals surface area contributed by atoms with Gasteiger partial charge in [-0.25, -0.2) is 0 Å². The van der Waals surface area contributed by atoms with Crippen LogP contribution in [0.2, 0.25) is 0 Å². The minimum atomic E-state index is -0.351. The van der Waals surface area contributed by atoms with Gasteiger partial charge >= 0.3 is 5.97 Å². The van der Waals surface area contributed by atoms with Crippen molar-refractivity contribution in [2.45, 2.75) is 33.6 Å². The van der Waals surface area contributed by atoms with E-state index < -0.39 is 0 Å². The summed E-state index contributed by atoms with van der Waals surface area (Å²) in [5.41, 5.74) is 3.11. The molecule has 0 radical (unpaired) electrons. The fourth-order valence-corrected chi connectivity index (χ4v) is 3.76. The number of hydrogen-bond donors (Lipinski definition) is 0. The predicted octanol–water partition coefficient (Wildman–Crippen LogP) is 3.58. The summed E-state index contributed by atoms with van der Waals surface area (Å²) in [6, 6.07) is 10.5. The normalized spacial score (nSPS) is 19.0. The van der Waals surface area contributed by atoms with Crippen molar-refractivity contribution in [3.8, 4) is 11.5 Å². The SMILES string of the molecule is CC(=O)Oc1cccc2c1CC(C)C2=O.CC1Cc2c(OC=O)cccc2C1=O. The molecule has 0 aromatic heterocycles. The second-order valence-electron chi connectivity index (χ2n) is 7.31. The minimum Gasteiger partial charge on any atom is -0.428 e. The molecular formula is C23H22O6. The highest BCUT2D eigenvalue weighted by molar-refractivity contribution is 6.03. The fraction of sp³-hybridized carbons (Fsp3) is 0.304. The molecule has 2 unspecified atom stereocenters. The Morgan fingerprint density at radius 1 is 0.897 bits per heavy atom. The number of hydrogen-bond acceptors (Lipinski definition) is 6. The molecule has 0 saturated heterocycles. The first-order chi connectivity index (χ1) is 13.8. The second kappa shape index (κ2) is 8.39. The van der Waals surface area contributed by atoms with Crippen molar-refractivity contribution < 1.29 is 28.7 Å². The molecule has 0 N–H and O–H groups in total. The van der Waals surface area contributed by atoms with E-state index in [1.54, 1.807) is 36.4 Å². The molecule has 0 saturated carbocycles. The average Bonchev–Trinajstić information content (AvgIpc) is 3.14. The van der Waals surface area contributed by atoms with Crippen molar-refractivity contribution in [1.82, 2.24) is 0 Å². The number of carbonyl (C=O) groups excluding carboxylic acids is 4. The topological polar surface area (TPSA) is 86.7 Å². The smallest absolute Gasteiger partial charge is 0.308 e. The zero-order valence-corrected chi connectivity index (χ0v) is 16.6. The van der Waals surface area contributed by atoms with E-state index in [0.717, 1.165) is 11.1 Å². The lowest BCUT2D eigenvalue weighted by molar-refractivity contribution is -0.132. The lowest BCUT2D eigenvalue weighted by atomic mass is 10.1. The van der Waals surface area contributed by atoms with Crippen LogP contribution in [0, 0.1) is 11.8 Å². The predicted molar refractivity (Wildman–Crippen MR) is 105 cm³/mol. The van der Waals surface area contributed by atoms with Crippen LogP contribution < -0.4 is 9.47 Å². The van der Waals surface area contributed by atoms with E-state index in [1.807, 2.05) is 13.8 Å². The van der Waals surface area contributed by atoms with E-state index >= 15 is 0 Å². The Balaban J connectivity index is 0.000000166. The Kier molecular flexibility index (Phi) is 5.92. The third kappa shape index (κ3) is 4.11. The quantitative estimate of drug-likeness (QED) is 0.449. The molecule has 2 aliphatic rings. The molecule has 0 fully saturated rings. The zero-order valence-electron chi connectivity index (χ0n) is 16.6. The number of ketones is 2. The molecule has 0 bridgehead atoms. The molecule has 2 aromatic rings. The second-order valence-corrected chi connectivity index (χ2v) is 7.31. The largest absolute Gasteiger partial charge is 0.428 e. The Hall–Kier alpha value is -3.28. The van der Waals surface area contributed by atoms with Crippen molar-refractivity contribution in [3.63, 3.8) is 0 Å². The van der Waals surface area contributed by atoms with Crippen LogP contribution in [0.1, 0.15) is 52.6 Å². The van der Waals surface area contributed by atoms with Gasteiger partial charge in [0.1, 0.15) is 11.5 Å². The summed E-state index contributed by atoms with van der Waals surface area (Å²) < 4.78 is 9.88. The van der Waals surface area contributed by atoms with Crippen molar-refractivity contribution in [3.05, 3.63) is 58.7 Å². The lowest BCUT2D eigenvalue weighted by Crippen LogP contribution is -2.03. The van der Waals surface area contributed by atoms with Crippen molar-refractivity contribution in [1.29, 1.82) is 0 Å². The van der Waals surface area contributed by atoms with E-state index in [4.69, 9.17) is 9.47 Å². The van der Waals surface area contributed by atoms with Gasteiger partial charge in [-0.1, -0.05) is 38.1 Å². The van der Waals surface area contributed by atoms with E-state index in [9.17, 15) is 19.2 Å². The standard InChI is InChI=1S/C12H12O3.C11H10O3/c1-7-6-10-9(12(7)14)4-3-5-11(10)15-8(2)13;1-7-5-9-8(11(7)13)3-2-4-10(9)14-6-12/h3-5,7H,6H2,1-2H3;2-4,6-7H,5H2,1H3. The van der Waals surface area contributed by atoms with Crippen LogP contribution in [0.25, 0.3) is 0 Å². The number of esters is 1. The maximum absolute atomic E-state index is 11.7. The van der Waals surface area contributed by atoms with Crippen LogP contribution in [-0.4, -0.2) is 24.0 Å². The molecule has 150 valence electrons. The van der Waals surface area contributed by atoms with Crippen molar-refractivity contribution in [2.75, 3.05) is 0 Å². The molecule has 4 rings (SSSR count). The van der Waals surface area contributed by atoms with Crippen LogP contribution in [0.15, 0.2) is 36.4 Å². The van der Waals surface area contributed by atoms with Gasteiger partial charge in [0.05, 0.1) is 0 Å². The maximum atomic E-state index is 11.7. The molecule has 0 spiro atoms. The molecule has 0 aliphatic heterocycles. The van der Waals surface area contributed by atoms with Gasteiger partial charge in [0.15, 0.2) is 11.6 Å². The highest BCUT2D eigenvalue weighted by Gasteiger charge is 2.30. The summed E-state index contributed by atoms with van der Waals surface area (Å²) in [6.07, 6.45) is 1.33. The third-order valence-electron chi connectivity index (χ3n) is 5.14. The molecule has 2 aromatic carbocycles. The first-order valence-electron chi connectivity index (χ1n) is 9.44. The van der Waals surface area contributed by atoms with Gasteiger partial charge in [-0.2, -0.15) is 0 Å². The minimum absolute atomic E-state index is 0.00130. The van der Waals surface area contributed by atoms with Gasteiger partial charge in [0, 0.05) is 41.0 Å². The van der Waals surface area contributed by atoms with Gasteiger partial charge in [-0.05, 0) is 25.0 Å². The average molecular weight is 394 g/mol. The monoisotopic (exact) mass is 394 g/mol. The summed E-state index contributed by atoms with van der Waals surface area (Å²) >= 11 is 0. The van der Waals surface area contributed by atoms with Crippen LogP contribution >= 0.6 is 0 Å². The van der Waals surface area contributed by atoms with Crippen molar-refractivity contribution >= 4 is 24.0 Å². The Morgan fingerprint density at radius 3 is 1.86 bits per heavy atom. The molecule has 2 aliphatic carbocycles. The van der Waals surface area contributed by atoms with Crippen LogP contribution in [0.3, 0.4) is 0 Å². The summed E-state index contributed by atoms with van der Waals surface area (Å²) in [6.45, 7) is 5.52. The molecular weight excluding hydrogens is 372 g/mol. The van der Waals surface area contributed by atoms with E-state index in [-0.39, 0.29) is 29.4 Å². The highest BCUT2D eigenvalue weighted by atomic mass is 16.5. The fourth-order valence-electron chi connectivity index (χ4n) is 3.76. The van der Waals surface area contributed by atoms with Crippen LogP contribution in [0.4, 0.5) is 0 Å². The number of Topliss-reactive ketones (excluding diaryl/α,β-unsaturated/α-hetero) is 2. The molecule has 6 nitrogen and oxygen atoms in total.